The first kappa shape index (κ1) is 31.2. The lowest BCUT2D eigenvalue weighted by atomic mass is 10.0. The second-order valence-corrected chi connectivity index (χ2v) is 12.8. The summed E-state index contributed by atoms with van der Waals surface area (Å²) >= 11 is 0. The topological polar surface area (TPSA) is 125 Å². The van der Waals surface area contributed by atoms with E-state index in [4.69, 9.17) is 9.47 Å². The minimum Gasteiger partial charge on any atom is -0.508 e. The zero-order valence-electron chi connectivity index (χ0n) is 23.4. The van der Waals surface area contributed by atoms with Gasteiger partial charge in [-0.3, -0.25) is 0 Å². The molecule has 41 heavy (non-hydrogen) atoms. The summed E-state index contributed by atoms with van der Waals surface area (Å²) in [5.41, 5.74) is 4.10. The summed E-state index contributed by atoms with van der Waals surface area (Å²) in [5, 5.41) is 32.4. The van der Waals surface area contributed by atoms with Crippen molar-refractivity contribution < 1.29 is 33.2 Å². The number of hydrogen-bond acceptors (Lipinski definition) is 8. The van der Waals surface area contributed by atoms with Gasteiger partial charge in [0.2, 0.25) is 0 Å². The van der Waals surface area contributed by atoms with E-state index in [0.29, 0.717) is 55.5 Å². The summed E-state index contributed by atoms with van der Waals surface area (Å²) in [6.07, 6.45) is 3.51. The van der Waals surface area contributed by atoms with Crippen LogP contribution in [-0.2, 0) is 45.6 Å². The Labute approximate surface area is 242 Å². The molecule has 0 amide bonds. The molecule has 4 N–H and O–H groups in total. The summed E-state index contributed by atoms with van der Waals surface area (Å²) in [5.74, 6) is 0.0163. The second kappa shape index (κ2) is 15.4. The Kier molecular flexibility index (Phi) is 11.7. The first-order valence-corrected chi connectivity index (χ1v) is 15.8. The van der Waals surface area contributed by atoms with Gasteiger partial charge >= 0.3 is 0 Å². The number of phenols is 1. The van der Waals surface area contributed by atoms with E-state index in [1.807, 2.05) is 18.2 Å². The third kappa shape index (κ3) is 9.10. The molecule has 8 nitrogen and oxygen atoms in total. The number of hydrogen-bond donors (Lipinski definition) is 4. The van der Waals surface area contributed by atoms with Crippen LogP contribution in [0.2, 0.25) is 0 Å². The largest absolute Gasteiger partial charge is 0.508 e. The molecular weight excluding hydrogens is 542 g/mol. The molecule has 1 atom stereocenters. The fourth-order valence-electron chi connectivity index (χ4n) is 5.10. The van der Waals surface area contributed by atoms with Crippen molar-refractivity contribution in [1.29, 1.82) is 0 Å². The van der Waals surface area contributed by atoms with Crippen LogP contribution in [0, 0.1) is 0 Å². The fourth-order valence-corrected chi connectivity index (χ4v) is 7.03. The van der Waals surface area contributed by atoms with E-state index in [1.54, 1.807) is 30.3 Å². The molecule has 0 aliphatic heterocycles. The molecule has 3 aromatic carbocycles. The first-order chi connectivity index (χ1) is 19.9. The van der Waals surface area contributed by atoms with Crippen LogP contribution in [0.15, 0.2) is 71.6 Å². The average Bonchev–Trinajstić information content (AvgIpc) is 3.54. The van der Waals surface area contributed by atoms with Gasteiger partial charge in [0.1, 0.15) is 5.75 Å². The van der Waals surface area contributed by atoms with Crippen LogP contribution >= 0.6 is 0 Å². The van der Waals surface area contributed by atoms with Gasteiger partial charge in [-0.2, -0.15) is 0 Å². The molecule has 0 radical (unpaired) electrons. The van der Waals surface area contributed by atoms with E-state index in [9.17, 15) is 23.7 Å². The van der Waals surface area contributed by atoms with Gasteiger partial charge in [0.15, 0.2) is 9.84 Å². The van der Waals surface area contributed by atoms with Gasteiger partial charge in [0.25, 0.3) is 0 Å². The third-order valence-corrected chi connectivity index (χ3v) is 9.72. The Hall–Kier alpha value is -2.79. The predicted octanol–water partition coefficient (Wildman–Crippen LogP) is 4.20. The lowest BCUT2D eigenvalue weighted by molar-refractivity contribution is 0.0338. The number of aromatic hydroxyl groups is 1. The third-order valence-electron chi connectivity index (χ3n) is 7.46. The smallest absolute Gasteiger partial charge is 0.181 e. The SMILES string of the molecule is O=S(=O)(c1cccc(COCCOCc2cccc(CCNCC(O)c3ccc(O)c(CO)c3)c2)c1)C1CCCC1. The van der Waals surface area contributed by atoms with Gasteiger partial charge in [0.05, 0.1) is 49.3 Å². The Bertz CT molecular complexity index is 1360. The predicted molar refractivity (Wildman–Crippen MR) is 157 cm³/mol. The second-order valence-electron chi connectivity index (χ2n) is 10.5. The van der Waals surface area contributed by atoms with Crippen molar-refractivity contribution in [1.82, 2.24) is 5.32 Å². The van der Waals surface area contributed by atoms with Crippen molar-refractivity contribution in [3.8, 4) is 5.75 Å². The number of aliphatic hydroxyl groups excluding tert-OH is 2. The highest BCUT2D eigenvalue weighted by Gasteiger charge is 2.30. The fraction of sp³-hybridized carbons (Fsp3) is 0.438. The first-order valence-electron chi connectivity index (χ1n) is 14.2. The molecule has 1 saturated carbocycles. The van der Waals surface area contributed by atoms with E-state index in [-0.39, 0.29) is 17.6 Å². The van der Waals surface area contributed by atoms with Gasteiger partial charge < -0.3 is 30.1 Å². The minimum absolute atomic E-state index is 0.0163. The summed E-state index contributed by atoms with van der Waals surface area (Å²) in [6, 6.07) is 20.0. The van der Waals surface area contributed by atoms with E-state index >= 15 is 0 Å². The van der Waals surface area contributed by atoms with Crippen LogP contribution in [0.25, 0.3) is 0 Å². The molecule has 0 bridgehead atoms. The van der Waals surface area contributed by atoms with Crippen LogP contribution in [0.3, 0.4) is 0 Å². The Balaban J connectivity index is 1.12. The maximum absolute atomic E-state index is 12.9. The van der Waals surface area contributed by atoms with Crippen molar-refractivity contribution in [3.63, 3.8) is 0 Å². The van der Waals surface area contributed by atoms with Crippen LogP contribution in [-0.4, -0.2) is 55.3 Å². The summed E-state index contributed by atoms with van der Waals surface area (Å²) in [6.45, 7) is 2.40. The maximum atomic E-state index is 12.9. The Morgan fingerprint density at radius 2 is 1.54 bits per heavy atom. The number of benzene rings is 3. The number of rotatable bonds is 16. The number of nitrogens with one attached hydrogen (secondary N) is 1. The molecule has 4 rings (SSSR count). The zero-order chi connectivity index (χ0) is 29.1. The van der Waals surface area contributed by atoms with Gasteiger partial charge in [-0.1, -0.05) is 55.3 Å². The van der Waals surface area contributed by atoms with Gasteiger partial charge in [0, 0.05) is 12.1 Å². The summed E-state index contributed by atoms with van der Waals surface area (Å²) < 4.78 is 37.2. The lowest BCUT2D eigenvalue weighted by Gasteiger charge is -2.14. The quantitative estimate of drug-likeness (QED) is 0.185. The van der Waals surface area contributed by atoms with E-state index in [0.717, 1.165) is 48.8 Å². The van der Waals surface area contributed by atoms with Crippen LogP contribution in [0.1, 0.15) is 59.6 Å². The van der Waals surface area contributed by atoms with Crippen molar-refractivity contribution in [2.75, 3.05) is 26.3 Å². The Morgan fingerprint density at radius 1 is 0.878 bits per heavy atom. The molecule has 0 heterocycles. The lowest BCUT2D eigenvalue weighted by Crippen LogP contribution is -2.23. The average molecular weight is 584 g/mol. The van der Waals surface area contributed by atoms with E-state index in [1.165, 1.54) is 6.07 Å². The normalized spacial score (nSPS) is 14.9. The van der Waals surface area contributed by atoms with Crippen LogP contribution < -0.4 is 5.32 Å². The molecule has 9 heteroatoms. The number of ether oxygens (including phenoxy) is 2. The summed E-state index contributed by atoms with van der Waals surface area (Å²) in [4.78, 5) is 0.391. The molecule has 0 saturated heterocycles. The van der Waals surface area contributed by atoms with Crippen LogP contribution in [0.5, 0.6) is 5.75 Å². The minimum atomic E-state index is -3.27. The molecule has 0 spiro atoms. The van der Waals surface area contributed by atoms with Crippen LogP contribution in [0.4, 0.5) is 0 Å². The van der Waals surface area contributed by atoms with Crippen molar-refractivity contribution in [2.45, 2.75) is 68.2 Å². The summed E-state index contributed by atoms with van der Waals surface area (Å²) in [7, 11) is -3.27. The molecule has 222 valence electrons. The monoisotopic (exact) mass is 583 g/mol. The van der Waals surface area contributed by atoms with Crippen molar-refractivity contribution in [2.24, 2.45) is 0 Å². The number of aliphatic hydroxyl groups is 2. The number of sulfone groups is 1. The molecule has 1 aliphatic carbocycles. The van der Waals surface area contributed by atoms with Crippen molar-refractivity contribution in [3.05, 3.63) is 94.5 Å². The zero-order valence-corrected chi connectivity index (χ0v) is 24.2. The molecule has 3 aromatic rings. The molecule has 1 unspecified atom stereocenters. The van der Waals surface area contributed by atoms with E-state index < -0.39 is 15.9 Å². The van der Waals surface area contributed by atoms with Gasteiger partial charge in [-0.15, -0.1) is 0 Å². The standard InChI is InChI=1S/C32H41NO7S/c34-21-28-19-27(11-12-31(28)35)32(36)20-33-14-13-24-5-3-6-25(17-24)22-39-15-16-40-23-26-7-4-10-30(18-26)41(37,38)29-8-1-2-9-29/h3-7,10-12,17-19,29,32-36H,1-2,8-9,13-16,20-23H2. The molecular formula is C32H41NO7S. The van der Waals surface area contributed by atoms with Gasteiger partial charge in [-0.25, -0.2) is 8.42 Å². The maximum Gasteiger partial charge on any atom is 0.181 e. The van der Waals surface area contributed by atoms with Crippen molar-refractivity contribution >= 4 is 9.84 Å². The Morgan fingerprint density at radius 3 is 2.24 bits per heavy atom. The molecule has 0 aromatic heterocycles. The highest BCUT2D eigenvalue weighted by atomic mass is 32.2. The van der Waals surface area contributed by atoms with E-state index in [2.05, 4.69) is 17.4 Å². The highest BCUT2D eigenvalue weighted by Crippen LogP contribution is 2.30. The molecule has 1 aliphatic rings. The van der Waals surface area contributed by atoms with Gasteiger partial charge in [-0.05, 0) is 72.3 Å². The molecule has 1 fully saturated rings. The highest BCUT2D eigenvalue weighted by molar-refractivity contribution is 7.92.